The number of esters is 1. The second-order valence-electron chi connectivity index (χ2n) is 9.93. The van der Waals surface area contributed by atoms with E-state index in [0.717, 1.165) is 38.6 Å². The van der Waals surface area contributed by atoms with Crippen LogP contribution >= 0.6 is 0 Å². The number of benzene rings is 2. The Morgan fingerprint density at radius 1 is 0.956 bits per heavy atom. The Kier molecular flexibility index (Phi) is 11.9. The van der Waals surface area contributed by atoms with Crippen molar-refractivity contribution in [3.8, 4) is 5.75 Å². The Bertz CT molecular complexity index is 1550. The molecule has 0 aliphatic carbocycles. The fourth-order valence-electron chi connectivity index (χ4n) is 4.32. The first-order chi connectivity index (χ1) is 21.0. The Morgan fingerprint density at radius 2 is 1.56 bits per heavy atom. The average Bonchev–Trinajstić information content (AvgIpc) is 3.68. The predicted octanol–water partition coefficient (Wildman–Crippen LogP) is 2.56. The number of alkyl halides is 3. The zero-order valence-corrected chi connectivity index (χ0v) is 25.9. The quantitative estimate of drug-likeness (QED) is 0.249. The lowest BCUT2D eigenvalue weighted by atomic mass is 10.2. The molecule has 2 saturated heterocycles. The summed E-state index contributed by atoms with van der Waals surface area (Å²) in [7, 11) is -9.38. The van der Waals surface area contributed by atoms with Crippen molar-refractivity contribution in [3.63, 3.8) is 0 Å². The second kappa shape index (κ2) is 15.0. The summed E-state index contributed by atoms with van der Waals surface area (Å²) in [6.45, 7) is 2.20. The molecule has 2 heterocycles. The van der Waals surface area contributed by atoms with Gasteiger partial charge in [-0.15, -0.1) is 0 Å². The van der Waals surface area contributed by atoms with Crippen LogP contribution in [0.4, 0.5) is 18.0 Å². The summed E-state index contributed by atoms with van der Waals surface area (Å²) in [6.07, 6.45) is -0.513. The van der Waals surface area contributed by atoms with Crippen LogP contribution in [0.15, 0.2) is 59.5 Å². The molecule has 45 heavy (non-hydrogen) atoms. The van der Waals surface area contributed by atoms with Crippen LogP contribution in [0.5, 0.6) is 5.75 Å². The molecule has 2 aromatic rings. The Labute approximate surface area is 258 Å². The Balaban J connectivity index is 0.000000305. The molecule has 2 unspecified atom stereocenters. The van der Waals surface area contributed by atoms with E-state index in [-0.39, 0.29) is 11.0 Å². The molecule has 18 heteroatoms. The minimum Gasteiger partial charge on any atom is -0.468 e. The normalized spacial score (nSPS) is 18.9. The molecule has 248 valence electrons. The first kappa shape index (κ1) is 35.7. The third kappa shape index (κ3) is 9.62. The number of carbonyl (C=O) groups is 3. The molecule has 0 bridgehead atoms. The molecule has 0 radical (unpaired) electrons. The highest BCUT2D eigenvalue weighted by Crippen LogP contribution is 2.32. The fraction of sp³-hybridized carbons (Fsp3) is 0.444. The maximum atomic E-state index is 12.9. The maximum Gasteiger partial charge on any atom is 0.523 e. The first-order valence-electron chi connectivity index (χ1n) is 13.5. The van der Waals surface area contributed by atoms with E-state index in [4.69, 9.17) is 4.74 Å². The van der Waals surface area contributed by atoms with Crippen molar-refractivity contribution in [3.05, 3.63) is 60.2 Å². The molecule has 2 fully saturated rings. The van der Waals surface area contributed by atoms with Gasteiger partial charge in [0, 0.05) is 26.1 Å². The van der Waals surface area contributed by atoms with Crippen molar-refractivity contribution < 1.29 is 58.0 Å². The van der Waals surface area contributed by atoms with E-state index in [9.17, 15) is 44.4 Å². The molecule has 0 spiro atoms. The number of amides is 2. The molecular formula is C27H32F3N3O10S2. The minimum absolute atomic E-state index is 0.226. The SMILES string of the molecule is COC(=O)CNC(=O)C1CC(OS(=O)(=O)C(F)(F)F)CN1S(=O)(=O)c1ccccc1.Cc1ccc(OC(=O)N2CCCC2)cc1. The van der Waals surface area contributed by atoms with Crippen molar-refractivity contribution in [1.82, 2.24) is 14.5 Å². The Hall–Kier alpha value is -3.74. The number of aryl methyl sites for hydroxylation is 1. The van der Waals surface area contributed by atoms with E-state index in [1.807, 2.05) is 31.2 Å². The predicted molar refractivity (Wildman–Crippen MR) is 152 cm³/mol. The number of methoxy groups -OCH3 is 1. The van der Waals surface area contributed by atoms with E-state index in [2.05, 4.69) is 14.2 Å². The molecule has 2 atom stereocenters. The van der Waals surface area contributed by atoms with Gasteiger partial charge in [0.15, 0.2) is 0 Å². The van der Waals surface area contributed by atoms with Gasteiger partial charge in [0.1, 0.15) is 18.3 Å². The highest BCUT2D eigenvalue weighted by atomic mass is 32.2. The summed E-state index contributed by atoms with van der Waals surface area (Å²) in [5.41, 5.74) is -4.56. The third-order valence-corrected chi connectivity index (χ3v) is 9.62. The van der Waals surface area contributed by atoms with Crippen molar-refractivity contribution in [2.45, 2.75) is 48.7 Å². The summed E-state index contributed by atoms with van der Waals surface area (Å²) in [5, 5.41) is 2.10. The summed E-state index contributed by atoms with van der Waals surface area (Å²) < 4.78 is 100. The van der Waals surface area contributed by atoms with E-state index in [0.29, 0.717) is 10.1 Å². The van der Waals surface area contributed by atoms with E-state index in [1.54, 1.807) is 4.90 Å². The molecule has 2 aliphatic heterocycles. The number of ether oxygens (including phenoxy) is 2. The van der Waals surface area contributed by atoms with Crippen molar-refractivity contribution >= 4 is 38.1 Å². The number of nitrogens with zero attached hydrogens (tertiary/aromatic N) is 2. The molecule has 4 rings (SSSR count). The summed E-state index contributed by atoms with van der Waals surface area (Å²) in [5.74, 6) is -1.26. The van der Waals surface area contributed by atoms with Crippen LogP contribution in [0.25, 0.3) is 0 Å². The van der Waals surface area contributed by atoms with Gasteiger partial charge in [-0.3, -0.25) is 13.8 Å². The second-order valence-corrected chi connectivity index (χ2v) is 13.4. The fourth-order valence-corrected chi connectivity index (χ4v) is 6.58. The van der Waals surface area contributed by atoms with Gasteiger partial charge >= 0.3 is 27.7 Å². The number of nitrogens with one attached hydrogen (secondary N) is 1. The van der Waals surface area contributed by atoms with Gasteiger partial charge in [-0.2, -0.15) is 25.9 Å². The zero-order chi connectivity index (χ0) is 33.4. The topological polar surface area (TPSA) is 166 Å². The van der Waals surface area contributed by atoms with Crippen LogP contribution in [0.1, 0.15) is 24.8 Å². The summed E-state index contributed by atoms with van der Waals surface area (Å²) >= 11 is 0. The first-order valence-corrected chi connectivity index (χ1v) is 16.3. The molecule has 0 saturated carbocycles. The lowest BCUT2D eigenvalue weighted by molar-refractivity contribution is -0.141. The lowest BCUT2D eigenvalue weighted by Gasteiger charge is -2.23. The highest BCUT2D eigenvalue weighted by Gasteiger charge is 2.52. The molecule has 2 aromatic carbocycles. The Morgan fingerprint density at radius 3 is 2.11 bits per heavy atom. The average molecular weight is 680 g/mol. The standard InChI is InChI=1S/C15H17F3N2O8S2.C12H15NO2/c1-27-13(21)8-19-14(22)12-7-10(28-30(25,26)15(16,17)18)9-20(12)29(23,24)11-5-3-2-4-6-11;1-10-4-6-11(7-5-10)15-12(14)13-8-2-3-9-13/h2-6,10,12H,7-9H2,1H3,(H,19,22);4-7H,2-3,8-9H2,1H3. The maximum absolute atomic E-state index is 12.9. The van der Waals surface area contributed by atoms with Crippen LogP contribution in [-0.4, -0.2) is 95.0 Å². The van der Waals surface area contributed by atoms with Crippen molar-refractivity contribution in [2.75, 3.05) is 33.3 Å². The van der Waals surface area contributed by atoms with Gasteiger partial charge in [0.25, 0.3) is 0 Å². The number of hydrogen-bond donors (Lipinski definition) is 1. The third-order valence-electron chi connectivity index (χ3n) is 6.64. The number of carbonyl (C=O) groups excluding carboxylic acids is 3. The van der Waals surface area contributed by atoms with E-state index >= 15 is 0 Å². The molecule has 2 amide bonds. The zero-order valence-electron chi connectivity index (χ0n) is 24.2. The number of rotatable bonds is 8. The van der Waals surface area contributed by atoms with Gasteiger partial charge in [0.05, 0.1) is 18.1 Å². The van der Waals surface area contributed by atoms with Gasteiger partial charge in [0.2, 0.25) is 15.9 Å². The summed E-state index contributed by atoms with van der Waals surface area (Å²) in [4.78, 5) is 36.7. The minimum atomic E-state index is -6.02. The molecule has 1 N–H and O–H groups in total. The van der Waals surface area contributed by atoms with Gasteiger partial charge < -0.3 is 19.7 Å². The van der Waals surface area contributed by atoms with E-state index < -0.39 is 69.2 Å². The van der Waals surface area contributed by atoms with Crippen LogP contribution in [0, 0.1) is 6.92 Å². The lowest BCUT2D eigenvalue weighted by Crippen LogP contribution is -2.47. The van der Waals surface area contributed by atoms with Gasteiger partial charge in [-0.05, 0) is 44.0 Å². The number of hydrogen-bond acceptors (Lipinski definition) is 10. The van der Waals surface area contributed by atoms with Crippen molar-refractivity contribution in [2.24, 2.45) is 0 Å². The molecular weight excluding hydrogens is 647 g/mol. The van der Waals surface area contributed by atoms with Crippen LogP contribution in [0.2, 0.25) is 0 Å². The molecule has 2 aliphatic rings. The van der Waals surface area contributed by atoms with E-state index in [1.165, 1.54) is 30.3 Å². The van der Waals surface area contributed by atoms with Gasteiger partial charge in [-0.25, -0.2) is 13.2 Å². The van der Waals surface area contributed by atoms with Crippen LogP contribution in [0.3, 0.4) is 0 Å². The number of sulfonamides is 1. The monoisotopic (exact) mass is 679 g/mol. The molecule has 13 nitrogen and oxygen atoms in total. The van der Waals surface area contributed by atoms with Crippen LogP contribution < -0.4 is 10.1 Å². The molecule has 0 aromatic heterocycles. The van der Waals surface area contributed by atoms with Crippen molar-refractivity contribution in [1.29, 1.82) is 0 Å². The van der Waals surface area contributed by atoms with Gasteiger partial charge in [-0.1, -0.05) is 35.9 Å². The highest BCUT2D eigenvalue weighted by molar-refractivity contribution is 7.89. The number of halogens is 3. The van der Waals surface area contributed by atoms with Crippen LogP contribution in [-0.2, 0) is 38.7 Å². The largest absolute Gasteiger partial charge is 0.523 e. The number of likely N-dealkylation sites (tertiary alicyclic amines) is 1. The smallest absolute Gasteiger partial charge is 0.468 e. The summed E-state index contributed by atoms with van der Waals surface area (Å²) in [6, 6.07) is 12.6.